The number of hydrogen-bond acceptors (Lipinski definition) is 5. The smallest absolute Gasteiger partial charge is 0.162 e. The fourth-order valence-corrected chi connectivity index (χ4v) is 1.68. The molecule has 1 rings (SSSR count). The van der Waals surface area contributed by atoms with E-state index >= 15 is 0 Å². The zero-order chi connectivity index (χ0) is 13.4. The molecule has 0 aromatic heterocycles. The van der Waals surface area contributed by atoms with Crippen LogP contribution in [0.25, 0.3) is 0 Å². The Kier molecular flexibility index (Phi) is 6.82. The zero-order valence-electron chi connectivity index (χ0n) is 10.3. The molecule has 0 spiro atoms. The molecule has 0 radical (unpaired) electrons. The molecule has 102 valence electrons. The summed E-state index contributed by atoms with van der Waals surface area (Å²) in [6, 6.07) is 3.24. The third-order valence-corrected chi connectivity index (χ3v) is 2.53. The Labute approximate surface area is 111 Å². The highest BCUT2D eigenvalue weighted by molar-refractivity contribution is 6.30. The van der Waals surface area contributed by atoms with Gasteiger partial charge in [-0.3, -0.25) is 0 Å². The van der Waals surface area contributed by atoms with Crippen molar-refractivity contribution >= 4 is 11.6 Å². The summed E-state index contributed by atoms with van der Waals surface area (Å²) < 4.78 is 10.1. The maximum Gasteiger partial charge on any atom is 0.162 e. The lowest BCUT2D eigenvalue weighted by molar-refractivity contribution is 0.0937. The molecule has 0 heterocycles. The summed E-state index contributed by atoms with van der Waals surface area (Å²) in [6.45, 7) is 1.93. The largest absolute Gasteiger partial charge is 0.504 e. The Bertz CT molecular complexity index is 373. The number of phenols is 1. The molecular formula is C12H18ClNO4. The van der Waals surface area contributed by atoms with E-state index in [1.165, 1.54) is 7.11 Å². The van der Waals surface area contributed by atoms with Gasteiger partial charge in [-0.05, 0) is 6.07 Å². The molecule has 0 aliphatic carbocycles. The van der Waals surface area contributed by atoms with Crippen molar-refractivity contribution < 1.29 is 19.7 Å². The van der Waals surface area contributed by atoms with Crippen LogP contribution in [0.4, 0.5) is 0 Å². The van der Waals surface area contributed by atoms with Crippen molar-refractivity contribution in [2.45, 2.75) is 6.54 Å². The lowest BCUT2D eigenvalue weighted by Crippen LogP contribution is -2.20. The molecule has 0 atom stereocenters. The van der Waals surface area contributed by atoms with E-state index in [1.54, 1.807) is 12.1 Å². The summed E-state index contributed by atoms with van der Waals surface area (Å²) in [5, 5.41) is 22.0. The highest BCUT2D eigenvalue weighted by Crippen LogP contribution is 2.33. The number of aliphatic hydroxyl groups is 1. The van der Waals surface area contributed by atoms with E-state index in [1.807, 2.05) is 0 Å². The summed E-state index contributed by atoms with van der Waals surface area (Å²) >= 11 is 5.91. The average molecular weight is 276 g/mol. The van der Waals surface area contributed by atoms with Gasteiger partial charge in [0.05, 0.1) is 26.9 Å². The third-order valence-electron chi connectivity index (χ3n) is 2.31. The highest BCUT2D eigenvalue weighted by Gasteiger charge is 2.09. The Balaban J connectivity index is 2.44. The molecule has 0 unspecified atom stereocenters. The molecule has 1 aromatic carbocycles. The quantitative estimate of drug-likeness (QED) is 0.621. The molecule has 3 N–H and O–H groups in total. The van der Waals surface area contributed by atoms with Crippen molar-refractivity contribution in [1.29, 1.82) is 0 Å². The van der Waals surface area contributed by atoms with E-state index < -0.39 is 0 Å². The Morgan fingerprint density at radius 2 is 2.11 bits per heavy atom. The monoisotopic (exact) mass is 275 g/mol. The molecular weight excluding hydrogens is 258 g/mol. The van der Waals surface area contributed by atoms with Crippen LogP contribution in [-0.4, -0.2) is 43.7 Å². The van der Waals surface area contributed by atoms with Gasteiger partial charge in [-0.1, -0.05) is 11.6 Å². The van der Waals surface area contributed by atoms with Gasteiger partial charge in [0.2, 0.25) is 0 Å². The van der Waals surface area contributed by atoms with Gasteiger partial charge in [-0.2, -0.15) is 0 Å². The second-order valence-electron chi connectivity index (χ2n) is 3.63. The van der Waals surface area contributed by atoms with Crippen LogP contribution in [0, 0.1) is 0 Å². The number of nitrogens with one attached hydrogen (secondary N) is 1. The van der Waals surface area contributed by atoms with Gasteiger partial charge >= 0.3 is 0 Å². The first kappa shape index (κ1) is 15.0. The molecule has 6 heteroatoms. The maximum atomic E-state index is 9.87. The number of ether oxygens (including phenoxy) is 2. The van der Waals surface area contributed by atoms with Gasteiger partial charge in [0.1, 0.15) is 0 Å². The number of methoxy groups -OCH3 is 1. The van der Waals surface area contributed by atoms with E-state index in [-0.39, 0.29) is 12.4 Å². The first-order chi connectivity index (χ1) is 8.69. The van der Waals surface area contributed by atoms with Gasteiger partial charge in [0.25, 0.3) is 0 Å². The van der Waals surface area contributed by atoms with E-state index in [4.69, 9.17) is 26.2 Å². The molecule has 18 heavy (non-hydrogen) atoms. The fourth-order valence-electron chi connectivity index (χ4n) is 1.45. The molecule has 0 aliphatic heterocycles. The first-order valence-corrected chi connectivity index (χ1v) is 6.01. The van der Waals surface area contributed by atoms with Crippen LogP contribution >= 0.6 is 11.6 Å². The third kappa shape index (κ3) is 4.70. The van der Waals surface area contributed by atoms with Crippen LogP contribution in [0.15, 0.2) is 12.1 Å². The summed E-state index contributed by atoms with van der Waals surface area (Å²) in [5.74, 6) is 0.446. The summed E-state index contributed by atoms with van der Waals surface area (Å²) in [6.07, 6.45) is 0. The zero-order valence-corrected chi connectivity index (χ0v) is 11.0. The predicted octanol–water partition coefficient (Wildman–Crippen LogP) is 1.15. The van der Waals surface area contributed by atoms with Crippen molar-refractivity contribution in [2.24, 2.45) is 0 Å². The molecule has 5 nitrogen and oxygen atoms in total. The van der Waals surface area contributed by atoms with E-state index in [2.05, 4.69) is 5.32 Å². The van der Waals surface area contributed by atoms with Crippen LogP contribution in [-0.2, 0) is 11.3 Å². The summed E-state index contributed by atoms with van der Waals surface area (Å²) in [4.78, 5) is 0. The minimum Gasteiger partial charge on any atom is -0.504 e. The lowest BCUT2D eigenvalue weighted by Gasteiger charge is -2.11. The minimum absolute atomic E-state index is 0.0201. The average Bonchev–Trinajstić information content (AvgIpc) is 2.37. The van der Waals surface area contributed by atoms with Gasteiger partial charge in [-0.15, -0.1) is 0 Å². The van der Waals surface area contributed by atoms with Crippen LogP contribution in [0.1, 0.15) is 5.56 Å². The molecule has 0 amide bonds. The molecule has 0 saturated carbocycles. The van der Waals surface area contributed by atoms with Crippen LogP contribution in [0.3, 0.4) is 0 Å². The van der Waals surface area contributed by atoms with Gasteiger partial charge in [0.15, 0.2) is 11.5 Å². The Hall–Kier alpha value is -1.01. The van der Waals surface area contributed by atoms with E-state index in [0.29, 0.717) is 42.6 Å². The van der Waals surface area contributed by atoms with Gasteiger partial charge in [-0.25, -0.2) is 0 Å². The van der Waals surface area contributed by atoms with Crippen molar-refractivity contribution in [1.82, 2.24) is 5.32 Å². The van der Waals surface area contributed by atoms with Gasteiger partial charge < -0.3 is 25.0 Å². The Morgan fingerprint density at radius 3 is 2.78 bits per heavy atom. The second-order valence-corrected chi connectivity index (χ2v) is 4.06. The Morgan fingerprint density at radius 1 is 1.33 bits per heavy atom. The van der Waals surface area contributed by atoms with E-state index in [9.17, 15) is 5.11 Å². The van der Waals surface area contributed by atoms with Crippen molar-refractivity contribution in [3.8, 4) is 11.5 Å². The number of hydrogen-bond donors (Lipinski definition) is 3. The molecule has 0 saturated heterocycles. The predicted molar refractivity (Wildman–Crippen MR) is 69.3 cm³/mol. The number of rotatable bonds is 8. The van der Waals surface area contributed by atoms with Crippen molar-refractivity contribution in [3.63, 3.8) is 0 Å². The molecule has 0 fully saturated rings. The standard InChI is InChI=1S/C12H18ClNO4/c1-17-11-7-10(13)6-9(12(11)16)8-14-2-4-18-5-3-15/h6-7,14-16H,2-5,8H2,1H3. The SMILES string of the molecule is COc1cc(Cl)cc(CNCCOCCO)c1O. The molecule has 0 aliphatic rings. The molecule has 1 aromatic rings. The van der Waals surface area contributed by atoms with E-state index in [0.717, 1.165) is 0 Å². The number of aliphatic hydroxyl groups excluding tert-OH is 1. The minimum atomic E-state index is 0.0201. The van der Waals surface area contributed by atoms with Crippen molar-refractivity contribution in [2.75, 3.05) is 33.5 Å². The number of aromatic hydroxyl groups is 1. The number of benzene rings is 1. The highest BCUT2D eigenvalue weighted by atomic mass is 35.5. The van der Waals surface area contributed by atoms with Crippen LogP contribution in [0.5, 0.6) is 11.5 Å². The normalized spacial score (nSPS) is 10.6. The summed E-state index contributed by atoms with van der Waals surface area (Å²) in [5.41, 5.74) is 0.668. The van der Waals surface area contributed by atoms with Gasteiger partial charge in [0, 0.05) is 29.7 Å². The van der Waals surface area contributed by atoms with Crippen molar-refractivity contribution in [3.05, 3.63) is 22.7 Å². The molecule has 0 bridgehead atoms. The summed E-state index contributed by atoms with van der Waals surface area (Å²) in [7, 11) is 1.48. The lowest BCUT2D eigenvalue weighted by atomic mass is 10.2. The number of halogens is 1. The number of phenolic OH excluding ortho intramolecular Hbond substituents is 1. The fraction of sp³-hybridized carbons (Fsp3) is 0.500. The topological polar surface area (TPSA) is 71.0 Å². The first-order valence-electron chi connectivity index (χ1n) is 5.63. The maximum absolute atomic E-state index is 9.87. The van der Waals surface area contributed by atoms with Crippen LogP contribution in [0.2, 0.25) is 5.02 Å². The van der Waals surface area contributed by atoms with Crippen LogP contribution < -0.4 is 10.1 Å². The second kappa shape index (κ2) is 8.16.